The standard InChI is InChI=1S/C15H22ClNO2/c1-4-5-15(2,3)17-10-11-8-12(16)14-13(9-11)18-6-7-19-14/h8-9,17H,4-7,10H2,1-3H3. The number of nitrogens with one attached hydrogen (secondary N) is 1. The summed E-state index contributed by atoms with van der Waals surface area (Å²) in [7, 11) is 0. The molecule has 0 aliphatic carbocycles. The highest BCUT2D eigenvalue weighted by Crippen LogP contribution is 2.38. The van der Waals surface area contributed by atoms with Crippen LogP contribution in [0.4, 0.5) is 0 Å². The molecule has 0 amide bonds. The lowest BCUT2D eigenvalue weighted by Gasteiger charge is -2.26. The van der Waals surface area contributed by atoms with Gasteiger partial charge in [-0.25, -0.2) is 0 Å². The summed E-state index contributed by atoms with van der Waals surface area (Å²) in [5.74, 6) is 1.42. The van der Waals surface area contributed by atoms with Gasteiger partial charge in [-0.15, -0.1) is 0 Å². The number of ether oxygens (including phenoxy) is 2. The van der Waals surface area contributed by atoms with Crippen LogP contribution in [0.2, 0.25) is 5.02 Å². The molecule has 1 aliphatic rings. The predicted molar refractivity (Wildman–Crippen MR) is 78.3 cm³/mol. The molecular weight excluding hydrogens is 262 g/mol. The monoisotopic (exact) mass is 283 g/mol. The average Bonchev–Trinajstić information content (AvgIpc) is 2.37. The molecule has 4 heteroatoms. The van der Waals surface area contributed by atoms with Crippen LogP contribution in [0.3, 0.4) is 0 Å². The van der Waals surface area contributed by atoms with Crippen molar-refractivity contribution in [1.82, 2.24) is 5.32 Å². The van der Waals surface area contributed by atoms with Crippen molar-refractivity contribution in [2.45, 2.75) is 45.7 Å². The Kier molecular flexibility index (Phi) is 4.58. The smallest absolute Gasteiger partial charge is 0.179 e. The molecule has 0 saturated carbocycles. The van der Waals surface area contributed by atoms with E-state index < -0.39 is 0 Å². The topological polar surface area (TPSA) is 30.5 Å². The van der Waals surface area contributed by atoms with E-state index in [-0.39, 0.29) is 5.54 Å². The maximum absolute atomic E-state index is 6.23. The second-order valence-corrected chi connectivity index (χ2v) is 6.00. The van der Waals surface area contributed by atoms with Crippen LogP contribution in [-0.4, -0.2) is 18.8 Å². The molecule has 0 aromatic heterocycles. The molecule has 0 bridgehead atoms. The second kappa shape index (κ2) is 6.02. The molecule has 19 heavy (non-hydrogen) atoms. The van der Waals surface area contributed by atoms with E-state index in [4.69, 9.17) is 21.1 Å². The Morgan fingerprint density at radius 3 is 2.74 bits per heavy atom. The minimum absolute atomic E-state index is 0.133. The fourth-order valence-electron chi connectivity index (χ4n) is 2.32. The van der Waals surface area contributed by atoms with Crippen molar-refractivity contribution in [3.63, 3.8) is 0 Å². The first kappa shape index (κ1) is 14.5. The first-order chi connectivity index (χ1) is 9.02. The molecule has 0 saturated heterocycles. The third kappa shape index (κ3) is 3.77. The third-order valence-electron chi connectivity index (χ3n) is 3.30. The van der Waals surface area contributed by atoms with Crippen LogP contribution in [0.1, 0.15) is 39.2 Å². The highest BCUT2D eigenvalue weighted by Gasteiger charge is 2.19. The molecule has 0 unspecified atom stereocenters. The van der Waals surface area contributed by atoms with Gasteiger partial charge in [0.05, 0.1) is 5.02 Å². The summed E-state index contributed by atoms with van der Waals surface area (Å²) in [4.78, 5) is 0. The summed E-state index contributed by atoms with van der Waals surface area (Å²) in [6, 6.07) is 3.96. The Hall–Kier alpha value is -0.930. The zero-order valence-corrected chi connectivity index (χ0v) is 12.6. The summed E-state index contributed by atoms with van der Waals surface area (Å²) in [6.07, 6.45) is 2.31. The Bertz CT molecular complexity index is 446. The molecule has 1 aliphatic heterocycles. The van der Waals surface area contributed by atoms with Gasteiger partial charge >= 0.3 is 0 Å². The summed E-state index contributed by atoms with van der Waals surface area (Å²) < 4.78 is 11.1. The quantitative estimate of drug-likeness (QED) is 0.892. The fourth-order valence-corrected chi connectivity index (χ4v) is 2.61. The fraction of sp³-hybridized carbons (Fsp3) is 0.600. The van der Waals surface area contributed by atoms with Crippen LogP contribution in [0.5, 0.6) is 11.5 Å². The van der Waals surface area contributed by atoms with Gasteiger partial charge < -0.3 is 14.8 Å². The number of hydrogen-bond donors (Lipinski definition) is 1. The summed E-state index contributed by atoms with van der Waals surface area (Å²) >= 11 is 6.23. The van der Waals surface area contributed by atoms with Gasteiger partial charge in [0.15, 0.2) is 11.5 Å². The second-order valence-electron chi connectivity index (χ2n) is 5.59. The zero-order valence-electron chi connectivity index (χ0n) is 11.9. The van der Waals surface area contributed by atoms with Gasteiger partial charge in [-0.3, -0.25) is 0 Å². The zero-order chi connectivity index (χ0) is 13.9. The normalized spacial score (nSPS) is 14.5. The van der Waals surface area contributed by atoms with Crippen LogP contribution in [-0.2, 0) is 6.54 Å². The summed E-state index contributed by atoms with van der Waals surface area (Å²) in [6.45, 7) is 8.56. The lowest BCUT2D eigenvalue weighted by atomic mass is 9.98. The van der Waals surface area contributed by atoms with E-state index in [2.05, 4.69) is 26.1 Å². The van der Waals surface area contributed by atoms with Crippen molar-refractivity contribution in [2.24, 2.45) is 0 Å². The predicted octanol–water partition coefficient (Wildman–Crippen LogP) is 3.78. The minimum atomic E-state index is 0.133. The molecule has 1 N–H and O–H groups in total. The van der Waals surface area contributed by atoms with Crippen molar-refractivity contribution < 1.29 is 9.47 Å². The molecule has 0 fully saturated rings. The van der Waals surface area contributed by atoms with Crippen LogP contribution in [0.15, 0.2) is 12.1 Å². The largest absolute Gasteiger partial charge is 0.486 e. The average molecular weight is 284 g/mol. The Morgan fingerprint density at radius 2 is 2.00 bits per heavy atom. The lowest BCUT2D eigenvalue weighted by Crippen LogP contribution is -2.38. The highest BCUT2D eigenvalue weighted by atomic mass is 35.5. The van der Waals surface area contributed by atoms with Crippen molar-refractivity contribution in [3.8, 4) is 11.5 Å². The van der Waals surface area contributed by atoms with E-state index in [0.29, 0.717) is 24.0 Å². The van der Waals surface area contributed by atoms with Crippen molar-refractivity contribution in [3.05, 3.63) is 22.7 Å². The molecular formula is C15H22ClNO2. The van der Waals surface area contributed by atoms with E-state index in [1.807, 2.05) is 12.1 Å². The number of hydrogen-bond acceptors (Lipinski definition) is 3. The maximum Gasteiger partial charge on any atom is 0.179 e. The van der Waals surface area contributed by atoms with Crippen LogP contribution >= 0.6 is 11.6 Å². The summed E-state index contributed by atoms with van der Waals surface area (Å²) in [5.41, 5.74) is 1.26. The van der Waals surface area contributed by atoms with Crippen LogP contribution in [0, 0.1) is 0 Å². The van der Waals surface area contributed by atoms with Gasteiger partial charge in [0.2, 0.25) is 0 Å². The lowest BCUT2D eigenvalue weighted by molar-refractivity contribution is 0.171. The van der Waals surface area contributed by atoms with Gasteiger partial charge in [-0.1, -0.05) is 24.9 Å². The molecule has 2 rings (SSSR count). The van der Waals surface area contributed by atoms with Crippen molar-refractivity contribution in [1.29, 1.82) is 0 Å². The van der Waals surface area contributed by atoms with Gasteiger partial charge in [0, 0.05) is 12.1 Å². The molecule has 0 spiro atoms. The van der Waals surface area contributed by atoms with Crippen LogP contribution < -0.4 is 14.8 Å². The van der Waals surface area contributed by atoms with Gasteiger partial charge in [0.25, 0.3) is 0 Å². The Balaban J connectivity index is 2.07. The van der Waals surface area contributed by atoms with Crippen molar-refractivity contribution in [2.75, 3.05) is 13.2 Å². The van der Waals surface area contributed by atoms with E-state index in [1.165, 1.54) is 6.42 Å². The minimum Gasteiger partial charge on any atom is -0.486 e. The Morgan fingerprint density at radius 1 is 1.26 bits per heavy atom. The first-order valence-electron chi connectivity index (χ1n) is 6.85. The molecule has 0 atom stereocenters. The van der Waals surface area contributed by atoms with E-state index in [0.717, 1.165) is 24.3 Å². The SMILES string of the molecule is CCCC(C)(C)NCc1cc(Cl)c2c(c1)OCCO2. The van der Waals surface area contributed by atoms with E-state index >= 15 is 0 Å². The number of halogens is 1. The van der Waals surface area contributed by atoms with Gasteiger partial charge in [-0.2, -0.15) is 0 Å². The molecule has 1 aromatic carbocycles. The van der Waals surface area contributed by atoms with E-state index in [9.17, 15) is 0 Å². The molecule has 0 radical (unpaired) electrons. The van der Waals surface area contributed by atoms with Crippen molar-refractivity contribution >= 4 is 11.6 Å². The van der Waals surface area contributed by atoms with Gasteiger partial charge in [0.1, 0.15) is 13.2 Å². The molecule has 1 aromatic rings. The number of rotatable bonds is 5. The molecule has 1 heterocycles. The van der Waals surface area contributed by atoms with E-state index in [1.54, 1.807) is 0 Å². The highest BCUT2D eigenvalue weighted by molar-refractivity contribution is 6.32. The molecule has 106 valence electrons. The third-order valence-corrected chi connectivity index (χ3v) is 3.58. The number of fused-ring (bicyclic) bond motifs is 1. The summed E-state index contributed by atoms with van der Waals surface area (Å²) in [5, 5.41) is 4.18. The first-order valence-corrected chi connectivity index (χ1v) is 7.23. The Labute approximate surface area is 120 Å². The maximum atomic E-state index is 6.23. The number of benzene rings is 1. The van der Waals surface area contributed by atoms with Gasteiger partial charge in [-0.05, 0) is 38.0 Å². The molecule has 3 nitrogen and oxygen atoms in total. The van der Waals surface area contributed by atoms with Crippen LogP contribution in [0.25, 0.3) is 0 Å².